The molecular formula is C10H17F3N2O3. The van der Waals surface area contributed by atoms with Crippen molar-refractivity contribution in [2.45, 2.75) is 13.1 Å². The maximum Gasteiger partial charge on any atom is 0.471 e. The number of carbonyl (C=O) groups excluding carboxylic acids is 1. The monoisotopic (exact) mass is 270 g/mol. The van der Waals surface area contributed by atoms with Crippen molar-refractivity contribution in [3.05, 3.63) is 0 Å². The molecule has 0 spiro atoms. The molecule has 0 saturated heterocycles. The predicted octanol–water partition coefficient (Wildman–Crippen LogP) is 0.660. The number of rotatable bonds is 6. The number of hydrogen-bond acceptors (Lipinski definition) is 3. The van der Waals surface area contributed by atoms with Crippen LogP contribution in [0.5, 0.6) is 0 Å². The number of amides is 1. The Labute approximate surface area is 103 Å². The molecule has 5 nitrogen and oxygen atoms in total. The maximum atomic E-state index is 12.3. The molecule has 1 atom stereocenters. The molecule has 1 unspecified atom stereocenters. The van der Waals surface area contributed by atoms with E-state index < -0.39 is 30.5 Å². The van der Waals surface area contributed by atoms with Crippen molar-refractivity contribution >= 4 is 11.9 Å². The van der Waals surface area contributed by atoms with Crippen molar-refractivity contribution in [1.82, 2.24) is 9.80 Å². The van der Waals surface area contributed by atoms with Crippen LogP contribution >= 0.6 is 0 Å². The van der Waals surface area contributed by atoms with Crippen LogP contribution in [0.25, 0.3) is 0 Å². The van der Waals surface area contributed by atoms with Crippen LogP contribution in [-0.2, 0) is 9.59 Å². The minimum atomic E-state index is -4.98. The Morgan fingerprint density at radius 2 is 1.72 bits per heavy atom. The fourth-order valence-corrected chi connectivity index (χ4v) is 1.18. The fourth-order valence-electron chi connectivity index (χ4n) is 1.18. The van der Waals surface area contributed by atoms with E-state index in [1.165, 1.54) is 6.92 Å². The normalized spacial score (nSPS) is 13.5. The van der Waals surface area contributed by atoms with Crippen LogP contribution in [0.1, 0.15) is 6.92 Å². The zero-order chi connectivity index (χ0) is 14.5. The third-order valence-corrected chi connectivity index (χ3v) is 2.26. The van der Waals surface area contributed by atoms with Gasteiger partial charge in [-0.2, -0.15) is 13.2 Å². The molecule has 18 heavy (non-hydrogen) atoms. The summed E-state index contributed by atoms with van der Waals surface area (Å²) in [6.07, 6.45) is -4.98. The molecule has 0 aliphatic heterocycles. The van der Waals surface area contributed by atoms with Crippen molar-refractivity contribution in [1.29, 1.82) is 0 Å². The number of nitrogens with zero attached hydrogens (tertiary/aromatic N) is 2. The summed E-state index contributed by atoms with van der Waals surface area (Å²) in [6.45, 7) is 0.868. The summed E-state index contributed by atoms with van der Waals surface area (Å²) >= 11 is 0. The lowest BCUT2D eigenvalue weighted by atomic mass is 10.1. The number of likely N-dealkylation sites (N-methyl/N-ethyl adjacent to an activating group) is 1. The third kappa shape index (κ3) is 5.85. The molecular weight excluding hydrogens is 253 g/mol. The molecule has 0 fully saturated rings. The van der Waals surface area contributed by atoms with Crippen LogP contribution < -0.4 is 0 Å². The second-order valence-corrected chi connectivity index (χ2v) is 4.29. The van der Waals surface area contributed by atoms with Gasteiger partial charge in [-0.25, -0.2) is 0 Å². The summed E-state index contributed by atoms with van der Waals surface area (Å²) in [5.41, 5.74) is 0. The summed E-state index contributed by atoms with van der Waals surface area (Å²) in [5.74, 6) is -4.28. The second-order valence-electron chi connectivity index (χ2n) is 4.29. The number of halogens is 3. The average molecular weight is 270 g/mol. The van der Waals surface area contributed by atoms with E-state index in [1.807, 2.05) is 0 Å². The van der Waals surface area contributed by atoms with E-state index in [-0.39, 0.29) is 13.1 Å². The quantitative estimate of drug-likeness (QED) is 0.770. The first-order valence-corrected chi connectivity index (χ1v) is 5.29. The van der Waals surface area contributed by atoms with Gasteiger partial charge in [-0.15, -0.1) is 0 Å². The summed E-state index contributed by atoms with van der Waals surface area (Å²) < 4.78 is 37.0. The molecule has 0 saturated carbocycles. The highest BCUT2D eigenvalue weighted by atomic mass is 19.4. The van der Waals surface area contributed by atoms with Gasteiger partial charge in [-0.1, -0.05) is 6.92 Å². The minimum absolute atomic E-state index is 0.164. The fraction of sp³-hybridized carbons (Fsp3) is 0.800. The summed E-state index contributed by atoms with van der Waals surface area (Å²) in [5, 5.41) is 8.66. The molecule has 0 heterocycles. The lowest BCUT2D eigenvalue weighted by Gasteiger charge is -2.26. The van der Waals surface area contributed by atoms with Crippen LogP contribution in [0, 0.1) is 5.92 Å². The maximum absolute atomic E-state index is 12.3. The van der Waals surface area contributed by atoms with Crippen molar-refractivity contribution in [2.24, 2.45) is 5.92 Å². The molecule has 0 aliphatic rings. The molecule has 0 rings (SSSR count). The number of carboxylic acid groups (broad SMARTS) is 1. The van der Waals surface area contributed by atoms with E-state index in [1.54, 1.807) is 19.0 Å². The lowest BCUT2D eigenvalue weighted by Crippen LogP contribution is -2.46. The number of alkyl halides is 3. The number of hydrogen-bond donors (Lipinski definition) is 1. The van der Waals surface area contributed by atoms with Crippen molar-refractivity contribution in [3.8, 4) is 0 Å². The predicted molar refractivity (Wildman–Crippen MR) is 58.0 cm³/mol. The third-order valence-electron chi connectivity index (χ3n) is 2.26. The van der Waals surface area contributed by atoms with E-state index in [9.17, 15) is 22.8 Å². The Hall–Kier alpha value is -1.31. The number of carboxylic acids is 1. The lowest BCUT2D eigenvalue weighted by molar-refractivity contribution is -0.186. The Balaban J connectivity index is 4.72. The first-order chi connectivity index (χ1) is 8.05. The first kappa shape index (κ1) is 16.7. The Kier molecular flexibility index (Phi) is 6.10. The Bertz CT molecular complexity index is 305. The smallest absolute Gasteiger partial charge is 0.471 e. The van der Waals surface area contributed by atoms with Crippen LogP contribution in [0.4, 0.5) is 13.2 Å². The van der Waals surface area contributed by atoms with E-state index >= 15 is 0 Å². The molecule has 0 aromatic carbocycles. The van der Waals surface area contributed by atoms with E-state index in [0.717, 1.165) is 0 Å². The minimum Gasteiger partial charge on any atom is -0.481 e. The van der Waals surface area contributed by atoms with Crippen molar-refractivity contribution < 1.29 is 27.9 Å². The topological polar surface area (TPSA) is 60.9 Å². The van der Waals surface area contributed by atoms with Crippen LogP contribution in [0.3, 0.4) is 0 Å². The molecule has 0 aliphatic carbocycles. The van der Waals surface area contributed by atoms with E-state index in [0.29, 0.717) is 4.90 Å². The standard InChI is InChI=1S/C10H17F3N2O3/c1-7(8(16)17)6-15(5-4-14(2)3)9(18)10(11,12)13/h7H,4-6H2,1-3H3,(H,16,17). The van der Waals surface area contributed by atoms with Gasteiger partial charge in [0.25, 0.3) is 0 Å². The van der Waals surface area contributed by atoms with Gasteiger partial charge in [-0.05, 0) is 14.1 Å². The van der Waals surface area contributed by atoms with Gasteiger partial charge in [0.05, 0.1) is 5.92 Å². The molecule has 0 aromatic heterocycles. The van der Waals surface area contributed by atoms with Gasteiger partial charge in [0.2, 0.25) is 0 Å². The first-order valence-electron chi connectivity index (χ1n) is 5.29. The molecule has 1 amide bonds. The largest absolute Gasteiger partial charge is 0.481 e. The van der Waals surface area contributed by atoms with Gasteiger partial charge in [0.15, 0.2) is 0 Å². The Morgan fingerprint density at radius 3 is 2.06 bits per heavy atom. The second kappa shape index (κ2) is 6.58. The van der Waals surface area contributed by atoms with Crippen molar-refractivity contribution in [2.75, 3.05) is 33.7 Å². The van der Waals surface area contributed by atoms with Crippen LogP contribution in [-0.4, -0.2) is 66.7 Å². The van der Waals surface area contributed by atoms with Gasteiger partial charge in [0.1, 0.15) is 0 Å². The molecule has 106 valence electrons. The highest BCUT2D eigenvalue weighted by molar-refractivity contribution is 5.82. The van der Waals surface area contributed by atoms with Crippen molar-refractivity contribution in [3.63, 3.8) is 0 Å². The molecule has 0 bridgehead atoms. The number of aliphatic carboxylic acids is 1. The van der Waals surface area contributed by atoms with Gasteiger partial charge in [0, 0.05) is 19.6 Å². The molecule has 1 N–H and O–H groups in total. The highest BCUT2D eigenvalue weighted by Crippen LogP contribution is 2.19. The molecule has 0 aromatic rings. The molecule has 8 heteroatoms. The summed E-state index contributed by atoms with van der Waals surface area (Å²) in [4.78, 5) is 23.9. The summed E-state index contributed by atoms with van der Waals surface area (Å²) in [6, 6.07) is 0. The highest BCUT2D eigenvalue weighted by Gasteiger charge is 2.42. The Morgan fingerprint density at radius 1 is 1.22 bits per heavy atom. The zero-order valence-electron chi connectivity index (χ0n) is 10.5. The average Bonchev–Trinajstić information content (AvgIpc) is 2.20. The van der Waals surface area contributed by atoms with E-state index in [2.05, 4.69) is 0 Å². The van der Waals surface area contributed by atoms with Gasteiger partial charge in [-0.3, -0.25) is 9.59 Å². The van der Waals surface area contributed by atoms with Crippen LogP contribution in [0.15, 0.2) is 0 Å². The van der Waals surface area contributed by atoms with Gasteiger partial charge < -0.3 is 14.9 Å². The van der Waals surface area contributed by atoms with Crippen LogP contribution in [0.2, 0.25) is 0 Å². The van der Waals surface area contributed by atoms with Gasteiger partial charge >= 0.3 is 18.1 Å². The summed E-state index contributed by atoms with van der Waals surface area (Å²) in [7, 11) is 3.30. The zero-order valence-corrected chi connectivity index (χ0v) is 10.5. The number of carbonyl (C=O) groups is 2. The molecule has 0 radical (unpaired) electrons. The SMILES string of the molecule is CC(CN(CCN(C)C)C(=O)C(F)(F)F)C(=O)O. The van der Waals surface area contributed by atoms with E-state index in [4.69, 9.17) is 5.11 Å².